The topological polar surface area (TPSA) is 81.3 Å². The fourth-order valence-corrected chi connectivity index (χ4v) is 2.24. The van der Waals surface area contributed by atoms with Gasteiger partial charge in [0, 0.05) is 0 Å². The van der Waals surface area contributed by atoms with Gasteiger partial charge in [-0.05, 0) is 30.7 Å². The van der Waals surface area contributed by atoms with E-state index >= 15 is 0 Å². The summed E-state index contributed by atoms with van der Waals surface area (Å²) < 4.78 is 10.5. The number of rotatable bonds is 5. The highest BCUT2D eigenvalue weighted by Gasteiger charge is 2.12. The van der Waals surface area contributed by atoms with Crippen molar-refractivity contribution in [2.24, 2.45) is 0 Å². The van der Waals surface area contributed by atoms with Gasteiger partial charge in [0.05, 0.1) is 17.5 Å². The molecular formula is C18H16N2O4. The second-order valence-corrected chi connectivity index (χ2v) is 5.09. The van der Waals surface area contributed by atoms with Crippen molar-refractivity contribution in [3.05, 3.63) is 70.3 Å². The zero-order chi connectivity index (χ0) is 16.9. The molecule has 0 fully saturated rings. The van der Waals surface area contributed by atoms with E-state index in [-0.39, 0.29) is 12.4 Å². The van der Waals surface area contributed by atoms with Crippen LogP contribution >= 0.6 is 0 Å². The first-order chi connectivity index (χ1) is 11.7. The Morgan fingerprint density at radius 1 is 1.17 bits per heavy atom. The second kappa shape index (κ2) is 6.95. The van der Waals surface area contributed by atoms with E-state index in [0.29, 0.717) is 23.3 Å². The van der Waals surface area contributed by atoms with Gasteiger partial charge < -0.3 is 14.5 Å². The predicted molar refractivity (Wildman–Crippen MR) is 89.1 cm³/mol. The number of aromatic amines is 1. The number of hydrogen-bond donors (Lipinski definition) is 1. The Kier molecular flexibility index (Phi) is 4.56. The summed E-state index contributed by atoms with van der Waals surface area (Å²) in [6.07, 6.45) is 0. The second-order valence-electron chi connectivity index (χ2n) is 5.09. The molecule has 0 radical (unpaired) electrons. The zero-order valence-corrected chi connectivity index (χ0v) is 13.1. The quantitative estimate of drug-likeness (QED) is 0.730. The van der Waals surface area contributed by atoms with Crippen molar-refractivity contribution in [3.8, 4) is 5.75 Å². The molecule has 6 nitrogen and oxygen atoms in total. The minimum absolute atomic E-state index is 0.104. The number of carbonyl (C=O) groups is 1. The Morgan fingerprint density at radius 3 is 2.71 bits per heavy atom. The monoisotopic (exact) mass is 324 g/mol. The molecule has 0 saturated heterocycles. The van der Waals surface area contributed by atoms with Crippen LogP contribution in [0.25, 0.3) is 10.9 Å². The lowest BCUT2D eigenvalue weighted by molar-refractivity contribution is 0.0512. The van der Waals surface area contributed by atoms with Crippen LogP contribution in [0.15, 0.2) is 53.3 Å². The molecule has 122 valence electrons. The van der Waals surface area contributed by atoms with Crippen molar-refractivity contribution < 1.29 is 14.3 Å². The van der Waals surface area contributed by atoms with Crippen molar-refractivity contribution in [1.29, 1.82) is 0 Å². The summed E-state index contributed by atoms with van der Waals surface area (Å²) >= 11 is 0. The van der Waals surface area contributed by atoms with Crippen LogP contribution in [0.3, 0.4) is 0 Å². The Balaban J connectivity index is 1.86. The van der Waals surface area contributed by atoms with Crippen LogP contribution in [0.1, 0.15) is 23.1 Å². The van der Waals surface area contributed by atoms with Crippen molar-refractivity contribution in [2.45, 2.75) is 13.5 Å². The Hall–Kier alpha value is -3.15. The van der Waals surface area contributed by atoms with Crippen molar-refractivity contribution in [1.82, 2.24) is 9.97 Å². The van der Waals surface area contributed by atoms with E-state index in [9.17, 15) is 9.59 Å². The SMILES string of the molecule is CCOC(=O)c1nc2ccc(OCc3ccccc3)cc2c(=O)[nH]1. The molecule has 1 heterocycles. The summed E-state index contributed by atoms with van der Waals surface area (Å²) in [5.74, 6) is -0.198. The van der Waals surface area contributed by atoms with Gasteiger partial charge in [-0.1, -0.05) is 30.3 Å². The molecule has 1 N–H and O–H groups in total. The average molecular weight is 324 g/mol. The molecule has 24 heavy (non-hydrogen) atoms. The van der Waals surface area contributed by atoms with Gasteiger partial charge in [-0.15, -0.1) is 0 Å². The van der Waals surface area contributed by atoms with E-state index in [4.69, 9.17) is 9.47 Å². The number of nitrogens with one attached hydrogen (secondary N) is 1. The number of carbonyl (C=O) groups excluding carboxylic acids is 1. The molecule has 0 bridgehead atoms. The minimum Gasteiger partial charge on any atom is -0.489 e. The molecular weight excluding hydrogens is 308 g/mol. The molecule has 0 unspecified atom stereocenters. The molecule has 3 rings (SSSR count). The number of hydrogen-bond acceptors (Lipinski definition) is 5. The van der Waals surface area contributed by atoms with Crippen LogP contribution in [0.2, 0.25) is 0 Å². The smallest absolute Gasteiger partial charge is 0.374 e. The molecule has 6 heteroatoms. The average Bonchev–Trinajstić information content (AvgIpc) is 2.61. The lowest BCUT2D eigenvalue weighted by atomic mass is 10.2. The molecule has 0 aliphatic heterocycles. The predicted octanol–water partition coefficient (Wildman–Crippen LogP) is 2.68. The number of H-pyrrole nitrogens is 1. The fourth-order valence-electron chi connectivity index (χ4n) is 2.24. The lowest BCUT2D eigenvalue weighted by Crippen LogP contribution is -2.17. The number of benzene rings is 2. The third kappa shape index (κ3) is 3.43. The number of nitrogens with zero attached hydrogens (tertiary/aromatic N) is 1. The van der Waals surface area contributed by atoms with Gasteiger partial charge in [0.1, 0.15) is 12.4 Å². The summed E-state index contributed by atoms with van der Waals surface area (Å²) in [6, 6.07) is 14.7. The van der Waals surface area contributed by atoms with E-state index in [2.05, 4.69) is 9.97 Å². The van der Waals surface area contributed by atoms with Gasteiger partial charge in [0.15, 0.2) is 0 Å². The van der Waals surface area contributed by atoms with Crippen LogP contribution in [0.4, 0.5) is 0 Å². The minimum atomic E-state index is -0.652. The first-order valence-corrected chi connectivity index (χ1v) is 7.55. The maximum absolute atomic E-state index is 12.2. The van der Waals surface area contributed by atoms with Gasteiger partial charge in [-0.25, -0.2) is 9.78 Å². The number of esters is 1. The largest absolute Gasteiger partial charge is 0.489 e. The Bertz CT molecular complexity index is 919. The first-order valence-electron chi connectivity index (χ1n) is 7.55. The maximum Gasteiger partial charge on any atom is 0.374 e. The maximum atomic E-state index is 12.2. The van der Waals surface area contributed by atoms with Gasteiger partial charge in [-0.2, -0.15) is 0 Å². The first kappa shape index (κ1) is 15.7. The standard InChI is InChI=1S/C18H16N2O4/c1-2-23-18(22)16-19-15-9-8-13(10-14(15)17(21)20-16)24-11-12-6-4-3-5-7-12/h3-10H,2,11H2,1H3,(H,19,20,21). The van der Waals surface area contributed by atoms with Gasteiger partial charge in [0.25, 0.3) is 5.56 Å². The summed E-state index contributed by atoms with van der Waals surface area (Å²) in [4.78, 5) is 30.4. The van der Waals surface area contributed by atoms with Gasteiger partial charge in [-0.3, -0.25) is 4.79 Å². The van der Waals surface area contributed by atoms with E-state index in [0.717, 1.165) is 5.56 Å². The van der Waals surface area contributed by atoms with Crippen LogP contribution in [-0.2, 0) is 11.3 Å². The van der Waals surface area contributed by atoms with E-state index in [1.54, 1.807) is 25.1 Å². The molecule has 3 aromatic rings. The molecule has 0 spiro atoms. The molecule has 0 atom stereocenters. The summed E-state index contributed by atoms with van der Waals surface area (Å²) in [5.41, 5.74) is 1.03. The molecule has 0 aliphatic rings. The molecule has 1 aromatic heterocycles. The molecule has 0 saturated carbocycles. The van der Waals surface area contributed by atoms with Crippen LogP contribution in [-0.4, -0.2) is 22.5 Å². The highest BCUT2D eigenvalue weighted by Crippen LogP contribution is 2.18. The molecule has 0 aliphatic carbocycles. The van der Waals surface area contributed by atoms with Crippen LogP contribution in [0, 0.1) is 0 Å². The van der Waals surface area contributed by atoms with Crippen molar-refractivity contribution >= 4 is 16.9 Å². The van der Waals surface area contributed by atoms with Crippen molar-refractivity contribution in [2.75, 3.05) is 6.61 Å². The third-order valence-corrected chi connectivity index (χ3v) is 3.39. The summed E-state index contributed by atoms with van der Waals surface area (Å²) in [7, 11) is 0. The van der Waals surface area contributed by atoms with Crippen LogP contribution < -0.4 is 10.3 Å². The van der Waals surface area contributed by atoms with E-state index in [1.807, 2.05) is 30.3 Å². The third-order valence-electron chi connectivity index (χ3n) is 3.39. The number of aromatic nitrogens is 2. The number of ether oxygens (including phenoxy) is 2. The number of fused-ring (bicyclic) bond motifs is 1. The zero-order valence-electron chi connectivity index (χ0n) is 13.1. The van der Waals surface area contributed by atoms with Gasteiger partial charge in [0.2, 0.25) is 5.82 Å². The van der Waals surface area contributed by atoms with Crippen molar-refractivity contribution in [3.63, 3.8) is 0 Å². The van der Waals surface area contributed by atoms with E-state index in [1.165, 1.54) is 0 Å². The Morgan fingerprint density at radius 2 is 1.96 bits per heavy atom. The highest BCUT2D eigenvalue weighted by atomic mass is 16.5. The Labute approximate surface area is 138 Å². The van der Waals surface area contributed by atoms with Gasteiger partial charge >= 0.3 is 5.97 Å². The summed E-state index contributed by atoms with van der Waals surface area (Å²) in [6.45, 7) is 2.30. The summed E-state index contributed by atoms with van der Waals surface area (Å²) in [5, 5.41) is 0.355. The lowest BCUT2D eigenvalue weighted by Gasteiger charge is -2.07. The van der Waals surface area contributed by atoms with E-state index < -0.39 is 11.5 Å². The normalized spacial score (nSPS) is 10.5. The van der Waals surface area contributed by atoms with Crippen LogP contribution in [0.5, 0.6) is 5.75 Å². The molecule has 2 aromatic carbocycles. The fraction of sp³-hybridized carbons (Fsp3) is 0.167. The highest BCUT2D eigenvalue weighted by molar-refractivity contribution is 5.88. The molecule has 0 amide bonds.